The molecule has 2 aromatic rings. The van der Waals surface area contributed by atoms with Crippen molar-refractivity contribution in [2.24, 2.45) is 0 Å². The molecule has 3 N–H and O–H groups in total. The Morgan fingerprint density at radius 3 is 2.76 bits per heavy atom. The predicted molar refractivity (Wildman–Crippen MR) is 87.4 cm³/mol. The van der Waals surface area contributed by atoms with Crippen LogP contribution in [0.25, 0.3) is 0 Å². The number of hydrogen-bond acceptors (Lipinski definition) is 7. The molecule has 6 nitrogen and oxygen atoms in total. The minimum Gasteiger partial charge on any atom is -0.382 e. The molecule has 3 rings (SSSR count). The number of hydrogen-bond donors (Lipinski definition) is 2. The molecule has 0 radical (unpaired) electrons. The van der Waals surface area contributed by atoms with Gasteiger partial charge in [0.05, 0.1) is 0 Å². The number of aryl methyl sites for hydroxylation is 1. The van der Waals surface area contributed by atoms with Crippen LogP contribution in [-0.2, 0) is 0 Å². The van der Waals surface area contributed by atoms with E-state index in [1.807, 2.05) is 6.92 Å². The third-order valence-corrected chi connectivity index (χ3v) is 5.28. The summed E-state index contributed by atoms with van der Waals surface area (Å²) in [6.07, 6.45) is 5.32. The molecule has 0 atom stereocenters. The molecule has 0 spiro atoms. The van der Waals surface area contributed by atoms with Gasteiger partial charge in [-0.25, -0.2) is 9.97 Å². The van der Waals surface area contributed by atoms with Crippen LogP contribution in [0.4, 0.5) is 16.1 Å². The molecule has 0 aromatic carbocycles. The van der Waals surface area contributed by atoms with Crippen molar-refractivity contribution in [3.8, 4) is 0 Å². The SMILES string of the molecule is Cc1cnc(NC(=O)c2sc(N3CCCCC3)nc2N)s1. The molecule has 0 unspecified atom stereocenters. The van der Waals surface area contributed by atoms with Crippen LogP contribution in [0.15, 0.2) is 6.20 Å². The lowest BCUT2D eigenvalue weighted by Crippen LogP contribution is -2.29. The van der Waals surface area contributed by atoms with Gasteiger partial charge in [-0.2, -0.15) is 0 Å². The number of anilines is 3. The molecule has 21 heavy (non-hydrogen) atoms. The van der Waals surface area contributed by atoms with E-state index in [4.69, 9.17) is 5.73 Å². The Morgan fingerprint density at radius 2 is 2.10 bits per heavy atom. The van der Waals surface area contributed by atoms with Gasteiger partial charge in [0.2, 0.25) is 0 Å². The number of piperidine rings is 1. The number of nitrogen functional groups attached to an aromatic ring is 1. The van der Waals surface area contributed by atoms with Gasteiger partial charge in [0.25, 0.3) is 5.91 Å². The van der Waals surface area contributed by atoms with E-state index in [-0.39, 0.29) is 5.91 Å². The zero-order chi connectivity index (χ0) is 14.8. The summed E-state index contributed by atoms with van der Waals surface area (Å²) in [6.45, 7) is 3.92. The highest BCUT2D eigenvalue weighted by Gasteiger charge is 2.21. The first kappa shape index (κ1) is 14.3. The van der Waals surface area contributed by atoms with E-state index in [1.54, 1.807) is 6.20 Å². The van der Waals surface area contributed by atoms with Gasteiger partial charge in [0, 0.05) is 24.2 Å². The third-order valence-electron chi connectivity index (χ3n) is 3.32. The number of nitrogens with one attached hydrogen (secondary N) is 1. The molecule has 0 saturated carbocycles. The average molecular weight is 323 g/mol. The summed E-state index contributed by atoms with van der Waals surface area (Å²) in [4.78, 5) is 24.5. The number of carbonyl (C=O) groups is 1. The molecule has 112 valence electrons. The predicted octanol–water partition coefficient (Wildman–Crippen LogP) is 2.73. The largest absolute Gasteiger partial charge is 0.382 e. The van der Waals surface area contributed by atoms with Crippen LogP contribution >= 0.6 is 22.7 Å². The second-order valence-corrected chi connectivity index (χ2v) is 7.20. The van der Waals surface area contributed by atoms with Crippen molar-refractivity contribution < 1.29 is 4.79 Å². The molecule has 0 aliphatic carbocycles. The Kier molecular flexibility index (Phi) is 4.07. The summed E-state index contributed by atoms with van der Waals surface area (Å²) in [5.74, 6) is 0.0639. The van der Waals surface area contributed by atoms with E-state index >= 15 is 0 Å². The lowest BCUT2D eigenvalue weighted by atomic mass is 10.1. The third kappa shape index (κ3) is 3.16. The van der Waals surface area contributed by atoms with Gasteiger partial charge in [-0.1, -0.05) is 11.3 Å². The van der Waals surface area contributed by atoms with Crippen molar-refractivity contribution in [3.63, 3.8) is 0 Å². The summed E-state index contributed by atoms with van der Waals surface area (Å²) in [7, 11) is 0. The smallest absolute Gasteiger partial charge is 0.271 e. The molecular formula is C13H17N5OS2. The van der Waals surface area contributed by atoms with Crippen LogP contribution in [0.5, 0.6) is 0 Å². The monoisotopic (exact) mass is 323 g/mol. The van der Waals surface area contributed by atoms with Crippen LogP contribution in [0.1, 0.15) is 33.8 Å². The normalized spacial score (nSPS) is 15.2. The first-order chi connectivity index (χ1) is 10.1. The molecule has 8 heteroatoms. The standard InChI is InChI=1S/C13H17N5OS2/c1-8-7-15-12(20-8)17-11(19)9-10(14)16-13(21-9)18-5-3-2-4-6-18/h7H,2-6,14H2,1H3,(H,15,17,19). The molecule has 1 fully saturated rings. The number of nitrogens with two attached hydrogens (primary N) is 1. The maximum absolute atomic E-state index is 12.3. The fourth-order valence-electron chi connectivity index (χ4n) is 2.27. The molecule has 1 amide bonds. The van der Waals surface area contributed by atoms with Crippen molar-refractivity contribution in [2.75, 3.05) is 29.0 Å². The first-order valence-corrected chi connectivity index (χ1v) is 8.52. The lowest BCUT2D eigenvalue weighted by Gasteiger charge is -2.25. The second kappa shape index (κ2) is 5.98. The summed E-state index contributed by atoms with van der Waals surface area (Å²) in [6, 6.07) is 0. The Hall–Kier alpha value is -1.67. The molecule has 1 aliphatic rings. The van der Waals surface area contributed by atoms with Crippen LogP contribution in [0.3, 0.4) is 0 Å². The Balaban J connectivity index is 1.75. The van der Waals surface area contributed by atoms with Crippen molar-refractivity contribution in [1.29, 1.82) is 0 Å². The lowest BCUT2D eigenvalue weighted by molar-refractivity contribution is 0.103. The van der Waals surface area contributed by atoms with E-state index in [0.29, 0.717) is 15.8 Å². The quantitative estimate of drug-likeness (QED) is 0.907. The fraction of sp³-hybridized carbons (Fsp3) is 0.462. The Bertz CT molecular complexity index is 645. The summed E-state index contributed by atoms with van der Waals surface area (Å²) in [5.41, 5.74) is 5.90. The van der Waals surface area contributed by atoms with Crippen LogP contribution in [0, 0.1) is 6.92 Å². The summed E-state index contributed by atoms with van der Waals surface area (Å²) < 4.78 is 0. The van der Waals surface area contributed by atoms with Gasteiger partial charge in [-0.05, 0) is 26.2 Å². The molecule has 3 heterocycles. The highest BCUT2D eigenvalue weighted by Crippen LogP contribution is 2.30. The highest BCUT2D eigenvalue weighted by atomic mass is 32.1. The van der Waals surface area contributed by atoms with Gasteiger partial charge < -0.3 is 10.6 Å². The van der Waals surface area contributed by atoms with Crippen LogP contribution < -0.4 is 16.0 Å². The fourth-order valence-corrected chi connectivity index (χ4v) is 3.86. The van der Waals surface area contributed by atoms with E-state index in [0.717, 1.165) is 23.1 Å². The minimum atomic E-state index is -0.234. The summed E-state index contributed by atoms with van der Waals surface area (Å²) in [5, 5.41) is 4.20. The number of carbonyl (C=O) groups excluding carboxylic acids is 1. The van der Waals surface area contributed by atoms with Crippen molar-refractivity contribution in [1.82, 2.24) is 9.97 Å². The number of rotatable bonds is 3. The average Bonchev–Trinajstić information content (AvgIpc) is 3.06. The zero-order valence-electron chi connectivity index (χ0n) is 11.8. The molecule has 1 aliphatic heterocycles. The maximum Gasteiger partial charge on any atom is 0.271 e. The Labute approximate surface area is 131 Å². The number of nitrogens with zero attached hydrogens (tertiary/aromatic N) is 3. The van der Waals surface area contributed by atoms with Gasteiger partial charge in [0.1, 0.15) is 10.7 Å². The number of aromatic nitrogens is 2. The van der Waals surface area contributed by atoms with Crippen molar-refractivity contribution in [2.45, 2.75) is 26.2 Å². The van der Waals surface area contributed by atoms with E-state index in [1.165, 1.54) is 41.9 Å². The number of thiazole rings is 2. The zero-order valence-corrected chi connectivity index (χ0v) is 13.4. The van der Waals surface area contributed by atoms with Gasteiger partial charge in [-0.3, -0.25) is 10.1 Å². The molecule has 0 bridgehead atoms. The molecular weight excluding hydrogens is 306 g/mol. The topological polar surface area (TPSA) is 84.1 Å². The Morgan fingerprint density at radius 1 is 1.33 bits per heavy atom. The van der Waals surface area contributed by atoms with Gasteiger partial charge in [-0.15, -0.1) is 11.3 Å². The maximum atomic E-state index is 12.3. The summed E-state index contributed by atoms with van der Waals surface area (Å²) >= 11 is 2.80. The molecule has 1 saturated heterocycles. The molecule has 2 aromatic heterocycles. The number of amides is 1. The van der Waals surface area contributed by atoms with Gasteiger partial charge in [0.15, 0.2) is 10.3 Å². The van der Waals surface area contributed by atoms with Crippen LogP contribution in [-0.4, -0.2) is 29.0 Å². The van der Waals surface area contributed by atoms with E-state index in [2.05, 4.69) is 20.2 Å². The van der Waals surface area contributed by atoms with E-state index < -0.39 is 0 Å². The van der Waals surface area contributed by atoms with Crippen LogP contribution in [0.2, 0.25) is 0 Å². The van der Waals surface area contributed by atoms with Gasteiger partial charge >= 0.3 is 0 Å². The highest BCUT2D eigenvalue weighted by molar-refractivity contribution is 7.18. The minimum absolute atomic E-state index is 0.234. The van der Waals surface area contributed by atoms with Crippen molar-refractivity contribution >= 4 is 44.7 Å². The van der Waals surface area contributed by atoms with E-state index in [9.17, 15) is 4.79 Å². The second-order valence-electron chi connectivity index (χ2n) is 4.99. The first-order valence-electron chi connectivity index (χ1n) is 6.88. The van der Waals surface area contributed by atoms with Crippen molar-refractivity contribution in [3.05, 3.63) is 16.0 Å².